The lowest BCUT2D eigenvalue weighted by molar-refractivity contribution is 0.0938. The van der Waals surface area contributed by atoms with Gasteiger partial charge in [0.2, 0.25) is 0 Å². The lowest BCUT2D eigenvalue weighted by Gasteiger charge is -2.11. The first-order valence-electron chi connectivity index (χ1n) is 5.28. The molecular formula is C11H12ClN5O. The molecule has 2 aromatic rings. The van der Waals surface area contributed by atoms with Crippen molar-refractivity contribution in [2.24, 2.45) is 0 Å². The zero-order valence-corrected chi connectivity index (χ0v) is 10.4. The van der Waals surface area contributed by atoms with Crippen LogP contribution in [0.15, 0.2) is 24.5 Å². The summed E-state index contributed by atoms with van der Waals surface area (Å²) in [5.74, 6) is 0.312. The van der Waals surface area contributed by atoms with Crippen LogP contribution in [0, 0.1) is 0 Å². The molecule has 1 atom stereocenters. The SMILES string of the molecule is CC(NC(=O)c1cc(N)cc(Cl)c1)c1ncn[nH]1. The van der Waals surface area contributed by atoms with Gasteiger partial charge in [0, 0.05) is 16.3 Å². The molecule has 18 heavy (non-hydrogen) atoms. The number of nitrogens with one attached hydrogen (secondary N) is 2. The third-order valence-electron chi connectivity index (χ3n) is 2.37. The summed E-state index contributed by atoms with van der Waals surface area (Å²) in [5.41, 5.74) is 6.48. The Kier molecular flexibility index (Phi) is 3.47. The van der Waals surface area contributed by atoms with Crippen LogP contribution < -0.4 is 11.1 Å². The van der Waals surface area contributed by atoms with E-state index in [0.717, 1.165) is 0 Å². The number of aromatic amines is 1. The molecule has 1 heterocycles. The zero-order valence-electron chi connectivity index (χ0n) is 9.64. The molecule has 0 fully saturated rings. The molecule has 6 nitrogen and oxygen atoms in total. The number of rotatable bonds is 3. The first-order chi connectivity index (χ1) is 8.56. The van der Waals surface area contributed by atoms with Gasteiger partial charge in [-0.25, -0.2) is 4.98 Å². The molecule has 4 N–H and O–H groups in total. The maximum atomic E-state index is 12.0. The molecule has 2 rings (SSSR count). The third kappa shape index (κ3) is 2.78. The summed E-state index contributed by atoms with van der Waals surface area (Å²) in [6.45, 7) is 1.80. The molecule has 1 amide bonds. The van der Waals surface area contributed by atoms with Gasteiger partial charge in [-0.3, -0.25) is 9.89 Å². The van der Waals surface area contributed by atoms with Crippen molar-refractivity contribution in [3.8, 4) is 0 Å². The average molecular weight is 266 g/mol. The summed E-state index contributed by atoms with van der Waals surface area (Å²) >= 11 is 5.84. The average Bonchev–Trinajstić information content (AvgIpc) is 2.80. The Morgan fingerprint density at radius 1 is 1.50 bits per heavy atom. The second-order valence-electron chi connectivity index (χ2n) is 3.84. The van der Waals surface area contributed by atoms with Gasteiger partial charge >= 0.3 is 0 Å². The first-order valence-corrected chi connectivity index (χ1v) is 5.66. The van der Waals surface area contributed by atoms with Gasteiger partial charge in [-0.15, -0.1) is 0 Å². The minimum atomic E-state index is -0.278. The lowest BCUT2D eigenvalue weighted by atomic mass is 10.1. The van der Waals surface area contributed by atoms with Crippen LogP contribution in [0.2, 0.25) is 5.02 Å². The maximum Gasteiger partial charge on any atom is 0.251 e. The smallest absolute Gasteiger partial charge is 0.251 e. The third-order valence-corrected chi connectivity index (χ3v) is 2.59. The van der Waals surface area contributed by atoms with Crippen LogP contribution in [-0.2, 0) is 0 Å². The maximum absolute atomic E-state index is 12.0. The number of carbonyl (C=O) groups excluding carboxylic acids is 1. The lowest BCUT2D eigenvalue weighted by Crippen LogP contribution is -2.27. The Bertz CT molecular complexity index is 534. The van der Waals surface area contributed by atoms with Gasteiger partial charge in [-0.1, -0.05) is 11.6 Å². The summed E-state index contributed by atoms with van der Waals surface area (Å²) in [6, 6.07) is 4.42. The van der Waals surface area contributed by atoms with Crippen LogP contribution in [0.1, 0.15) is 29.1 Å². The van der Waals surface area contributed by atoms with Crippen molar-refractivity contribution in [2.45, 2.75) is 13.0 Å². The monoisotopic (exact) mass is 265 g/mol. The van der Waals surface area contributed by atoms with E-state index in [0.29, 0.717) is 22.1 Å². The highest BCUT2D eigenvalue weighted by Gasteiger charge is 2.14. The summed E-state index contributed by atoms with van der Waals surface area (Å²) in [5, 5.41) is 9.60. The highest BCUT2D eigenvalue weighted by molar-refractivity contribution is 6.31. The topological polar surface area (TPSA) is 96.7 Å². The van der Waals surface area contributed by atoms with E-state index in [2.05, 4.69) is 20.5 Å². The van der Waals surface area contributed by atoms with Crippen molar-refractivity contribution in [1.29, 1.82) is 0 Å². The molecule has 0 aliphatic rings. The van der Waals surface area contributed by atoms with Gasteiger partial charge in [-0.05, 0) is 25.1 Å². The first kappa shape index (κ1) is 12.4. The van der Waals surface area contributed by atoms with Gasteiger partial charge < -0.3 is 11.1 Å². The molecule has 1 aromatic carbocycles. The number of aromatic nitrogens is 3. The normalized spacial score (nSPS) is 12.1. The molecule has 0 saturated heterocycles. The van der Waals surface area contributed by atoms with Crippen LogP contribution in [0.3, 0.4) is 0 Å². The molecule has 0 aliphatic heterocycles. The predicted molar refractivity (Wildman–Crippen MR) is 68.1 cm³/mol. The number of nitrogen functional groups attached to an aromatic ring is 1. The second kappa shape index (κ2) is 5.05. The van der Waals surface area contributed by atoms with Crippen LogP contribution in [0.4, 0.5) is 5.69 Å². The molecule has 0 saturated carbocycles. The van der Waals surface area contributed by atoms with Crippen molar-refractivity contribution in [2.75, 3.05) is 5.73 Å². The van der Waals surface area contributed by atoms with E-state index in [4.69, 9.17) is 17.3 Å². The fraction of sp³-hybridized carbons (Fsp3) is 0.182. The number of amides is 1. The number of nitrogens with two attached hydrogens (primary N) is 1. The van der Waals surface area contributed by atoms with E-state index in [9.17, 15) is 4.79 Å². The Hall–Kier alpha value is -2.08. The van der Waals surface area contributed by atoms with Crippen molar-refractivity contribution < 1.29 is 4.79 Å². The number of nitrogens with zero attached hydrogens (tertiary/aromatic N) is 2. The number of H-pyrrole nitrogens is 1. The van der Waals surface area contributed by atoms with Gasteiger partial charge in [-0.2, -0.15) is 5.10 Å². The number of hydrogen-bond acceptors (Lipinski definition) is 4. The van der Waals surface area contributed by atoms with E-state index < -0.39 is 0 Å². The molecule has 1 aromatic heterocycles. The fourth-order valence-corrected chi connectivity index (χ4v) is 1.76. The molecule has 94 valence electrons. The van der Waals surface area contributed by atoms with Crippen molar-refractivity contribution in [3.63, 3.8) is 0 Å². The fourth-order valence-electron chi connectivity index (χ4n) is 1.52. The highest BCUT2D eigenvalue weighted by Crippen LogP contribution is 2.17. The number of carbonyl (C=O) groups is 1. The summed E-state index contributed by atoms with van der Waals surface area (Å²) in [6.07, 6.45) is 1.38. The van der Waals surface area contributed by atoms with Crippen LogP contribution in [-0.4, -0.2) is 21.1 Å². The van der Waals surface area contributed by atoms with Crippen molar-refractivity contribution in [1.82, 2.24) is 20.5 Å². The van der Waals surface area contributed by atoms with E-state index in [1.807, 2.05) is 0 Å². The predicted octanol–water partition coefficient (Wildman–Crippen LogP) is 1.53. The molecule has 0 radical (unpaired) electrons. The minimum Gasteiger partial charge on any atom is -0.399 e. The van der Waals surface area contributed by atoms with Gasteiger partial charge in [0.25, 0.3) is 5.91 Å². The van der Waals surface area contributed by atoms with E-state index in [1.165, 1.54) is 6.33 Å². The standard InChI is InChI=1S/C11H12ClN5O/c1-6(10-14-5-15-17-10)16-11(18)7-2-8(12)4-9(13)3-7/h2-6H,13H2,1H3,(H,16,18)(H,14,15,17). The minimum absolute atomic E-state index is 0.270. The largest absolute Gasteiger partial charge is 0.399 e. The second-order valence-corrected chi connectivity index (χ2v) is 4.28. The highest BCUT2D eigenvalue weighted by atomic mass is 35.5. The van der Waals surface area contributed by atoms with E-state index >= 15 is 0 Å². The summed E-state index contributed by atoms with van der Waals surface area (Å²) in [4.78, 5) is 15.9. The number of hydrogen-bond donors (Lipinski definition) is 3. The molecule has 0 aliphatic carbocycles. The van der Waals surface area contributed by atoms with Crippen LogP contribution in [0.5, 0.6) is 0 Å². The summed E-state index contributed by atoms with van der Waals surface area (Å²) < 4.78 is 0. The van der Waals surface area contributed by atoms with Crippen molar-refractivity contribution in [3.05, 3.63) is 40.9 Å². The Labute approximate surface area is 109 Å². The van der Waals surface area contributed by atoms with E-state index in [1.54, 1.807) is 25.1 Å². The van der Waals surface area contributed by atoms with Crippen molar-refractivity contribution >= 4 is 23.2 Å². The van der Waals surface area contributed by atoms with Crippen LogP contribution >= 0.6 is 11.6 Å². The molecule has 0 bridgehead atoms. The molecule has 0 spiro atoms. The Balaban J connectivity index is 2.12. The van der Waals surface area contributed by atoms with Gasteiger partial charge in [0.15, 0.2) is 0 Å². The Morgan fingerprint density at radius 2 is 2.28 bits per heavy atom. The summed E-state index contributed by atoms with van der Waals surface area (Å²) in [7, 11) is 0. The molecule has 7 heteroatoms. The number of benzene rings is 1. The zero-order chi connectivity index (χ0) is 13.1. The number of halogens is 1. The quantitative estimate of drug-likeness (QED) is 0.733. The van der Waals surface area contributed by atoms with Gasteiger partial charge in [0.1, 0.15) is 12.2 Å². The van der Waals surface area contributed by atoms with E-state index in [-0.39, 0.29) is 11.9 Å². The molecular weight excluding hydrogens is 254 g/mol. The molecule has 1 unspecified atom stereocenters. The van der Waals surface area contributed by atoms with Crippen LogP contribution in [0.25, 0.3) is 0 Å². The van der Waals surface area contributed by atoms with Gasteiger partial charge in [0.05, 0.1) is 6.04 Å². The number of anilines is 1. The Morgan fingerprint density at radius 3 is 2.89 bits per heavy atom.